The van der Waals surface area contributed by atoms with Gasteiger partial charge in [-0.2, -0.15) is 0 Å². The van der Waals surface area contributed by atoms with Gasteiger partial charge < -0.3 is 5.11 Å². The topological polar surface area (TPSA) is 39.9 Å². The van der Waals surface area contributed by atoms with E-state index in [4.69, 9.17) is 5.11 Å². The lowest BCUT2D eigenvalue weighted by atomic mass is 10.3. The summed E-state index contributed by atoms with van der Waals surface area (Å²) in [5.41, 5.74) is 0. The molecule has 1 rings (SSSR count). The van der Waals surface area contributed by atoms with E-state index in [9.17, 15) is 0 Å². The molecule has 0 bridgehead atoms. The molecule has 0 saturated heterocycles. The highest BCUT2D eigenvalue weighted by atomic mass is 16.2. The first-order valence-corrected chi connectivity index (χ1v) is 3.56. The number of nitrogens with zero attached hydrogens (tertiary/aromatic N) is 1. The van der Waals surface area contributed by atoms with Gasteiger partial charge in [0.1, 0.15) is 12.4 Å². The summed E-state index contributed by atoms with van der Waals surface area (Å²) in [6.07, 6.45) is 7.71. The number of H-pyrrole nitrogens is 1. The monoisotopic (exact) mass is 141 g/mol. The maximum atomic E-state index is 8.48. The highest BCUT2D eigenvalue weighted by Crippen LogP contribution is 1.85. The average molecular weight is 141 g/mol. The third kappa shape index (κ3) is 2.19. The summed E-state index contributed by atoms with van der Waals surface area (Å²) < 4.78 is 2.07. The molecule has 0 aliphatic carbocycles. The molecular weight excluding hydrogens is 128 g/mol. The Kier molecular flexibility index (Phi) is 2.96. The number of unbranched alkanes of at least 4 members (excludes halogenated alkanes) is 1. The van der Waals surface area contributed by atoms with Gasteiger partial charge >= 0.3 is 0 Å². The van der Waals surface area contributed by atoms with E-state index in [0.717, 1.165) is 19.4 Å². The molecule has 0 spiro atoms. The smallest absolute Gasteiger partial charge is 0.241 e. The molecule has 3 heteroatoms. The maximum absolute atomic E-state index is 8.48. The Bertz CT molecular complexity index is 160. The number of imidazole rings is 1. The van der Waals surface area contributed by atoms with Crippen LogP contribution in [0.25, 0.3) is 0 Å². The second kappa shape index (κ2) is 4.06. The number of hydrogen-bond acceptors (Lipinski definition) is 1. The van der Waals surface area contributed by atoms with Gasteiger partial charge in [0, 0.05) is 6.61 Å². The van der Waals surface area contributed by atoms with Crippen molar-refractivity contribution in [1.82, 2.24) is 4.98 Å². The molecule has 0 aliphatic heterocycles. The Hall–Kier alpha value is -0.830. The lowest BCUT2D eigenvalue weighted by Crippen LogP contribution is -2.30. The summed E-state index contributed by atoms with van der Waals surface area (Å²) in [7, 11) is 0. The van der Waals surface area contributed by atoms with Gasteiger partial charge in [0.15, 0.2) is 0 Å². The van der Waals surface area contributed by atoms with E-state index in [2.05, 4.69) is 9.55 Å². The molecule has 0 amide bonds. The van der Waals surface area contributed by atoms with Crippen LogP contribution in [0.5, 0.6) is 0 Å². The third-order valence-electron chi connectivity index (χ3n) is 1.43. The van der Waals surface area contributed by atoms with Crippen molar-refractivity contribution in [1.29, 1.82) is 0 Å². The van der Waals surface area contributed by atoms with Crippen LogP contribution in [0.1, 0.15) is 12.8 Å². The minimum atomic E-state index is 0.297. The molecule has 10 heavy (non-hydrogen) atoms. The Morgan fingerprint density at radius 1 is 1.40 bits per heavy atom. The first-order chi connectivity index (χ1) is 4.93. The number of rotatable bonds is 4. The molecule has 0 atom stereocenters. The summed E-state index contributed by atoms with van der Waals surface area (Å²) >= 11 is 0. The molecule has 0 aliphatic rings. The average Bonchev–Trinajstić information content (AvgIpc) is 2.41. The molecule has 0 aromatic carbocycles. The SMILES string of the molecule is OCCCC[n+]1cc[nH]c1. The molecule has 2 N–H and O–H groups in total. The first-order valence-electron chi connectivity index (χ1n) is 3.56. The number of aromatic amines is 1. The van der Waals surface area contributed by atoms with Gasteiger partial charge in [-0.3, -0.25) is 4.98 Å². The number of aryl methyl sites for hydroxylation is 1. The summed E-state index contributed by atoms with van der Waals surface area (Å²) in [6.45, 7) is 1.29. The summed E-state index contributed by atoms with van der Waals surface area (Å²) in [5, 5.41) is 8.48. The standard InChI is InChI=1S/C7H12N2O/c10-6-2-1-4-9-5-3-8-7-9/h3,5,7,10H,1-2,4,6H2/p+1. The van der Waals surface area contributed by atoms with Crippen molar-refractivity contribution in [3.8, 4) is 0 Å². The summed E-state index contributed by atoms with van der Waals surface area (Å²) in [4.78, 5) is 2.96. The van der Waals surface area contributed by atoms with Crippen LogP contribution in [0.3, 0.4) is 0 Å². The molecule has 56 valence electrons. The van der Waals surface area contributed by atoms with E-state index in [0.29, 0.717) is 6.61 Å². The Morgan fingerprint density at radius 3 is 2.90 bits per heavy atom. The van der Waals surface area contributed by atoms with Crippen molar-refractivity contribution in [2.24, 2.45) is 0 Å². The quantitative estimate of drug-likeness (QED) is 0.452. The Labute approximate surface area is 60.3 Å². The molecule has 0 saturated carbocycles. The van der Waals surface area contributed by atoms with E-state index in [1.54, 1.807) is 0 Å². The van der Waals surface area contributed by atoms with E-state index in [-0.39, 0.29) is 0 Å². The van der Waals surface area contributed by atoms with Crippen LogP contribution >= 0.6 is 0 Å². The van der Waals surface area contributed by atoms with Crippen molar-refractivity contribution in [2.75, 3.05) is 6.61 Å². The third-order valence-corrected chi connectivity index (χ3v) is 1.43. The second-order valence-corrected chi connectivity index (χ2v) is 2.28. The molecule has 0 unspecified atom stereocenters. The van der Waals surface area contributed by atoms with E-state index < -0.39 is 0 Å². The highest BCUT2D eigenvalue weighted by molar-refractivity contribution is 4.55. The predicted molar refractivity (Wildman–Crippen MR) is 37.3 cm³/mol. The number of nitrogens with one attached hydrogen (secondary N) is 1. The van der Waals surface area contributed by atoms with Crippen molar-refractivity contribution >= 4 is 0 Å². The number of aromatic nitrogens is 2. The van der Waals surface area contributed by atoms with E-state index >= 15 is 0 Å². The van der Waals surface area contributed by atoms with Crippen LogP contribution in [0, 0.1) is 0 Å². The zero-order valence-electron chi connectivity index (χ0n) is 5.95. The van der Waals surface area contributed by atoms with Crippen molar-refractivity contribution in [3.63, 3.8) is 0 Å². The highest BCUT2D eigenvalue weighted by Gasteiger charge is 1.94. The molecule has 1 heterocycles. The second-order valence-electron chi connectivity index (χ2n) is 2.28. The molecule has 1 aromatic heterocycles. The van der Waals surface area contributed by atoms with Gasteiger partial charge in [-0.25, -0.2) is 4.57 Å². The molecule has 0 radical (unpaired) electrons. The van der Waals surface area contributed by atoms with Crippen LogP contribution < -0.4 is 4.57 Å². The van der Waals surface area contributed by atoms with Crippen molar-refractivity contribution in [2.45, 2.75) is 19.4 Å². The number of hydrogen-bond donors (Lipinski definition) is 2. The molecule has 1 aromatic rings. The van der Waals surface area contributed by atoms with Gasteiger partial charge in [-0.05, 0) is 12.8 Å². The fourth-order valence-electron chi connectivity index (χ4n) is 0.866. The zero-order valence-corrected chi connectivity index (χ0v) is 5.95. The van der Waals surface area contributed by atoms with Gasteiger partial charge in [0.25, 0.3) is 0 Å². The predicted octanol–water partition coefficient (Wildman–Crippen LogP) is 0.0747. The van der Waals surface area contributed by atoms with E-state index in [1.807, 2.05) is 18.7 Å². The zero-order chi connectivity index (χ0) is 7.23. The first kappa shape index (κ1) is 7.28. The largest absolute Gasteiger partial charge is 0.396 e. The van der Waals surface area contributed by atoms with Crippen LogP contribution in [-0.2, 0) is 6.54 Å². The van der Waals surface area contributed by atoms with Crippen molar-refractivity contribution < 1.29 is 9.67 Å². The van der Waals surface area contributed by atoms with Crippen LogP contribution in [0.2, 0.25) is 0 Å². The van der Waals surface area contributed by atoms with Gasteiger partial charge in [0.2, 0.25) is 6.33 Å². The minimum Gasteiger partial charge on any atom is -0.396 e. The lowest BCUT2D eigenvalue weighted by Gasteiger charge is -1.92. The van der Waals surface area contributed by atoms with Crippen LogP contribution in [-0.4, -0.2) is 16.7 Å². The summed E-state index contributed by atoms with van der Waals surface area (Å²) in [5.74, 6) is 0. The van der Waals surface area contributed by atoms with Crippen molar-refractivity contribution in [3.05, 3.63) is 18.7 Å². The van der Waals surface area contributed by atoms with Gasteiger partial charge in [0.05, 0.1) is 6.54 Å². The van der Waals surface area contributed by atoms with E-state index in [1.165, 1.54) is 0 Å². The van der Waals surface area contributed by atoms with Gasteiger partial charge in [-0.15, -0.1) is 0 Å². The molecule has 0 fully saturated rings. The lowest BCUT2D eigenvalue weighted by molar-refractivity contribution is -0.696. The fourth-order valence-corrected chi connectivity index (χ4v) is 0.866. The molecule has 3 nitrogen and oxygen atoms in total. The Morgan fingerprint density at radius 2 is 2.30 bits per heavy atom. The maximum Gasteiger partial charge on any atom is 0.241 e. The van der Waals surface area contributed by atoms with Crippen LogP contribution in [0.4, 0.5) is 0 Å². The summed E-state index contributed by atoms with van der Waals surface area (Å²) in [6, 6.07) is 0. The van der Waals surface area contributed by atoms with Gasteiger partial charge in [-0.1, -0.05) is 0 Å². The minimum absolute atomic E-state index is 0.297. The molecular formula is C7H13N2O+. The normalized spacial score (nSPS) is 10.1. The van der Waals surface area contributed by atoms with Crippen LogP contribution in [0.15, 0.2) is 18.7 Å². The number of aliphatic hydroxyl groups is 1. The Balaban J connectivity index is 2.15. The fraction of sp³-hybridized carbons (Fsp3) is 0.571. The number of aliphatic hydroxyl groups excluding tert-OH is 1.